The summed E-state index contributed by atoms with van der Waals surface area (Å²) in [5, 5.41) is 48.2. The predicted molar refractivity (Wildman–Crippen MR) is 93.3 cm³/mol. The molecule has 0 aromatic carbocycles. The van der Waals surface area contributed by atoms with E-state index in [1.54, 1.807) is 13.8 Å². The molecule has 0 saturated carbocycles. The van der Waals surface area contributed by atoms with Crippen molar-refractivity contribution < 1.29 is 45.0 Å². The highest BCUT2D eigenvalue weighted by molar-refractivity contribution is 5.85. The van der Waals surface area contributed by atoms with Gasteiger partial charge in [0, 0.05) is 11.1 Å². The van der Waals surface area contributed by atoms with Crippen LogP contribution in [0.2, 0.25) is 0 Å². The summed E-state index contributed by atoms with van der Waals surface area (Å²) in [5.74, 6) is -1.87. The molecule has 9 heteroatoms. The highest BCUT2D eigenvalue weighted by atomic mass is 16.5. The molecule has 2 unspecified atom stereocenters. The molecule has 0 aliphatic carbocycles. The van der Waals surface area contributed by atoms with Gasteiger partial charge in [-0.15, -0.1) is 0 Å². The van der Waals surface area contributed by atoms with Crippen molar-refractivity contribution in [2.24, 2.45) is 0 Å². The summed E-state index contributed by atoms with van der Waals surface area (Å²) in [4.78, 5) is 19.2. The first kappa shape index (κ1) is 31.0. The van der Waals surface area contributed by atoms with E-state index in [0.717, 1.165) is 0 Å². The number of carboxylic acids is 2. The number of hydrogen-bond acceptors (Lipinski definition) is 7. The van der Waals surface area contributed by atoms with Crippen molar-refractivity contribution in [1.82, 2.24) is 0 Å². The third-order valence-corrected chi connectivity index (χ3v) is 1.71. The predicted octanol–water partition coefficient (Wildman–Crippen LogP) is 0.0298. The molecule has 0 heterocycles. The van der Waals surface area contributed by atoms with Crippen molar-refractivity contribution in [3.63, 3.8) is 0 Å². The maximum absolute atomic E-state index is 9.60. The van der Waals surface area contributed by atoms with Crippen LogP contribution in [0.25, 0.3) is 0 Å². The Kier molecular flexibility index (Phi) is 27.6. The zero-order valence-corrected chi connectivity index (χ0v) is 15.3. The number of aliphatic carboxylic acids is 2. The monoisotopic (exact) mass is 368 g/mol. The fraction of sp³-hybridized carbons (Fsp3) is 0.625. The lowest BCUT2D eigenvalue weighted by Crippen LogP contribution is -2.19. The van der Waals surface area contributed by atoms with Crippen LogP contribution >= 0.6 is 0 Å². The average molecular weight is 368 g/mol. The molecule has 0 aromatic rings. The molecule has 0 radical (unpaired) electrons. The molecule has 6 N–H and O–H groups in total. The number of carboxylic acid groups (broad SMARTS) is 2. The van der Waals surface area contributed by atoms with E-state index in [1.807, 2.05) is 0 Å². The molecular weight excluding hydrogens is 336 g/mol. The fourth-order valence-electron chi connectivity index (χ4n) is 0.356. The van der Waals surface area contributed by atoms with E-state index in [1.165, 1.54) is 13.8 Å². The summed E-state index contributed by atoms with van der Waals surface area (Å²) in [6.45, 7) is 12.6. The van der Waals surface area contributed by atoms with Crippen molar-refractivity contribution in [3.05, 3.63) is 24.3 Å². The molecule has 9 nitrogen and oxygen atoms in total. The normalized spacial score (nSPS) is 11.0. The number of carbonyl (C=O) groups is 2. The van der Waals surface area contributed by atoms with Crippen LogP contribution in [0.1, 0.15) is 27.7 Å². The van der Waals surface area contributed by atoms with Crippen LogP contribution in [0.4, 0.5) is 0 Å². The Hall–Kier alpha value is -1.78. The minimum atomic E-state index is -0.935. The number of ether oxygens (including phenoxy) is 1. The van der Waals surface area contributed by atoms with Crippen LogP contribution < -0.4 is 0 Å². The van der Waals surface area contributed by atoms with Gasteiger partial charge in [-0.05, 0) is 27.7 Å². The lowest BCUT2D eigenvalue weighted by molar-refractivity contribution is -0.133. The lowest BCUT2D eigenvalue weighted by atomic mass is 10.4. The topological polar surface area (TPSA) is 165 Å². The zero-order valence-electron chi connectivity index (χ0n) is 15.3. The van der Waals surface area contributed by atoms with Crippen LogP contribution in [-0.2, 0) is 14.3 Å². The van der Waals surface area contributed by atoms with Crippen molar-refractivity contribution >= 4 is 11.9 Å². The summed E-state index contributed by atoms with van der Waals surface area (Å²) >= 11 is 0. The van der Waals surface area contributed by atoms with Gasteiger partial charge in [-0.3, -0.25) is 0 Å². The van der Waals surface area contributed by atoms with E-state index in [0.29, 0.717) is 6.61 Å². The minimum absolute atomic E-state index is 0.00667. The van der Waals surface area contributed by atoms with Gasteiger partial charge in [0.25, 0.3) is 0 Å². The molecule has 0 fully saturated rings. The Balaban J connectivity index is -0.000000123. The lowest BCUT2D eigenvalue weighted by Gasteiger charge is -2.10. The molecule has 150 valence electrons. The molecule has 0 aliphatic heterocycles. The third-order valence-electron chi connectivity index (χ3n) is 1.71. The van der Waals surface area contributed by atoms with Gasteiger partial charge in [0.1, 0.15) is 0 Å². The second-order valence-electron chi connectivity index (χ2n) is 4.79. The van der Waals surface area contributed by atoms with E-state index in [4.69, 9.17) is 35.4 Å². The first-order valence-electron chi connectivity index (χ1n) is 7.27. The number of hydrogen-bond donors (Lipinski definition) is 6. The highest BCUT2D eigenvalue weighted by Crippen LogP contribution is 1.90. The summed E-state index contributed by atoms with van der Waals surface area (Å²) in [5.41, 5.74) is 0.352. The molecule has 0 saturated heterocycles. The fourth-order valence-corrected chi connectivity index (χ4v) is 0.356. The van der Waals surface area contributed by atoms with E-state index in [-0.39, 0.29) is 37.1 Å². The van der Waals surface area contributed by atoms with Crippen LogP contribution in [0.5, 0.6) is 0 Å². The van der Waals surface area contributed by atoms with Crippen LogP contribution in [-0.4, -0.2) is 81.2 Å². The van der Waals surface area contributed by atoms with Gasteiger partial charge in [-0.25, -0.2) is 9.59 Å². The second-order valence-corrected chi connectivity index (χ2v) is 4.79. The highest BCUT2D eigenvalue weighted by Gasteiger charge is 2.00. The summed E-state index contributed by atoms with van der Waals surface area (Å²) in [6.07, 6.45) is -0.612. The van der Waals surface area contributed by atoms with Gasteiger partial charge in [0.05, 0.1) is 38.6 Å². The zero-order chi connectivity index (χ0) is 21.0. The molecule has 0 rings (SSSR count). The quantitative estimate of drug-likeness (QED) is 0.340. The van der Waals surface area contributed by atoms with Crippen LogP contribution in [0.15, 0.2) is 24.3 Å². The smallest absolute Gasteiger partial charge is 0.330 e. The standard InChI is InChI=1S/C6H14O3.2C4H6O2.C2H6O2/c1-5(8)4-9-6(2)3-7;2*1-3(2)4(5)6;3-1-2-4/h5-8H,3-4H2,1-2H3;2*1H2,2H3,(H,5,6);3-4H,1-2H2. The Bertz CT molecular complexity index is 315. The van der Waals surface area contributed by atoms with Gasteiger partial charge in [0.2, 0.25) is 0 Å². The average Bonchev–Trinajstić information content (AvgIpc) is 2.53. The Morgan fingerprint density at radius 3 is 1.32 bits per heavy atom. The molecule has 0 aliphatic rings. The molecule has 0 amide bonds. The second kappa shape index (κ2) is 22.2. The summed E-state index contributed by atoms with van der Waals surface area (Å²) in [7, 11) is 0. The molecule has 0 spiro atoms. The molecule has 25 heavy (non-hydrogen) atoms. The van der Waals surface area contributed by atoms with Gasteiger partial charge >= 0.3 is 11.9 Å². The first-order chi connectivity index (χ1) is 11.4. The summed E-state index contributed by atoms with van der Waals surface area (Å²) < 4.78 is 4.95. The number of aliphatic hydroxyl groups excluding tert-OH is 4. The SMILES string of the molecule is C=C(C)C(=O)O.C=C(C)C(=O)O.CC(O)COC(C)CO.OCCO. The van der Waals surface area contributed by atoms with E-state index < -0.39 is 18.0 Å². The third kappa shape index (κ3) is 44.9. The Morgan fingerprint density at radius 1 is 0.920 bits per heavy atom. The van der Waals surface area contributed by atoms with Crippen molar-refractivity contribution in [2.45, 2.75) is 39.9 Å². The van der Waals surface area contributed by atoms with Crippen molar-refractivity contribution in [1.29, 1.82) is 0 Å². The van der Waals surface area contributed by atoms with Crippen molar-refractivity contribution in [2.75, 3.05) is 26.4 Å². The molecule has 2 atom stereocenters. The van der Waals surface area contributed by atoms with Gasteiger partial charge in [-0.1, -0.05) is 13.2 Å². The number of aliphatic hydroxyl groups is 4. The Morgan fingerprint density at radius 2 is 1.20 bits per heavy atom. The van der Waals surface area contributed by atoms with Crippen molar-refractivity contribution in [3.8, 4) is 0 Å². The molecule has 0 aromatic heterocycles. The summed E-state index contributed by atoms with van der Waals surface area (Å²) in [6, 6.07) is 0. The maximum Gasteiger partial charge on any atom is 0.330 e. The minimum Gasteiger partial charge on any atom is -0.478 e. The molecular formula is C16H32O9. The van der Waals surface area contributed by atoms with Crippen LogP contribution in [0.3, 0.4) is 0 Å². The first-order valence-corrected chi connectivity index (χ1v) is 7.27. The Labute approximate surface area is 148 Å². The van der Waals surface area contributed by atoms with Gasteiger partial charge in [-0.2, -0.15) is 0 Å². The maximum atomic E-state index is 9.60. The van der Waals surface area contributed by atoms with E-state index in [2.05, 4.69) is 13.2 Å². The van der Waals surface area contributed by atoms with Gasteiger partial charge < -0.3 is 35.4 Å². The van der Waals surface area contributed by atoms with E-state index >= 15 is 0 Å². The number of rotatable bonds is 7. The van der Waals surface area contributed by atoms with Crippen LogP contribution in [0, 0.1) is 0 Å². The van der Waals surface area contributed by atoms with Gasteiger partial charge in [0.15, 0.2) is 0 Å². The largest absolute Gasteiger partial charge is 0.478 e. The van der Waals surface area contributed by atoms with E-state index in [9.17, 15) is 9.59 Å². The molecule has 0 bridgehead atoms.